The summed E-state index contributed by atoms with van der Waals surface area (Å²) in [6.45, 7) is 7.93. The molecule has 90 valence electrons. The Bertz CT molecular complexity index is 172. The molecule has 1 aliphatic carbocycles. The number of unbranched alkanes of at least 4 members (excludes halogenated alkanes) is 1. The molecule has 0 bridgehead atoms. The molecule has 2 heteroatoms. The molecule has 0 radical (unpaired) electrons. The van der Waals surface area contributed by atoms with Crippen molar-refractivity contribution in [2.24, 2.45) is 0 Å². The topological polar surface area (TPSA) is 23.5 Å². The van der Waals surface area contributed by atoms with Crippen LogP contribution in [0.3, 0.4) is 0 Å². The zero-order chi connectivity index (χ0) is 11.3. The fourth-order valence-electron chi connectivity index (χ4n) is 2.60. The molecule has 1 fully saturated rings. The summed E-state index contributed by atoms with van der Waals surface area (Å²) in [6, 6.07) is 1.06. The van der Waals surface area contributed by atoms with Crippen molar-refractivity contribution in [1.82, 2.24) is 4.90 Å². The Labute approximate surface area is 94.7 Å². The fourth-order valence-corrected chi connectivity index (χ4v) is 2.60. The molecule has 15 heavy (non-hydrogen) atoms. The first-order chi connectivity index (χ1) is 7.20. The van der Waals surface area contributed by atoms with Crippen molar-refractivity contribution >= 4 is 0 Å². The monoisotopic (exact) mass is 213 g/mol. The predicted molar refractivity (Wildman–Crippen MR) is 65.0 cm³/mol. The van der Waals surface area contributed by atoms with Crippen LogP contribution >= 0.6 is 0 Å². The third-order valence-corrected chi connectivity index (χ3v) is 3.80. The summed E-state index contributed by atoms with van der Waals surface area (Å²) in [6.07, 6.45) is 7.01. The second-order valence-electron chi connectivity index (χ2n) is 4.91. The van der Waals surface area contributed by atoms with Crippen LogP contribution in [0.2, 0.25) is 0 Å². The summed E-state index contributed by atoms with van der Waals surface area (Å²) >= 11 is 0. The van der Waals surface area contributed by atoms with E-state index in [9.17, 15) is 5.11 Å². The molecule has 1 rings (SSSR count). The quantitative estimate of drug-likeness (QED) is 0.733. The third-order valence-electron chi connectivity index (χ3n) is 3.80. The number of rotatable bonds is 6. The highest BCUT2D eigenvalue weighted by Crippen LogP contribution is 2.26. The van der Waals surface area contributed by atoms with E-state index in [0.717, 1.165) is 13.0 Å². The van der Waals surface area contributed by atoms with Crippen molar-refractivity contribution in [3.8, 4) is 0 Å². The van der Waals surface area contributed by atoms with Gasteiger partial charge >= 0.3 is 0 Å². The lowest BCUT2D eigenvalue weighted by molar-refractivity contribution is 0.0452. The molecule has 2 nitrogen and oxygen atoms in total. The molecule has 1 aliphatic rings. The van der Waals surface area contributed by atoms with Crippen LogP contribution < -0.4 is 0 Å². The third kappa shape index (κ3) is 3.46. The summed E-state index contributed by atoms with van der Waals surface area (Å²) in [5.74, 6) is 0. The summed E-state index contributed by atoms with van der Waals surface area (Å²) in [7, 11) is 0. The lowest BCUT2D eigenvalue weighted by atomic mass is 10.1. The zero-order valence-corrected chi connectivity index (χ0v) is 10.6. The molecule has 1 N–H and O–H groups in total. The first-order valence-corrected chi connectivity index (χ1v) is 6.64. The molecular formula is C13H27NO. The van der Waals surface area contributed by atoms with Crippen molar-refractivity contribution in [2.45, 2.75) is 77.5 Å². The van der Waals surface area contributed by atoms with Gasteiger partial charge in [-0.1, -0.05) is 20.3 Å². The van der Waals surface area contributed by atoms with E-state index in [1.807, 2.05) is 0 Å². The number of nitrogens with zero attached hydrogens (tertiary/aromatic N) is 1. The Kier molecular flexibility index (Phi) is 5.62. The van der Waals surface area contributed by atoms with Crippen LogP contribution in [0.25, 0.3) is 0 Å². The molecule has 0 aromatic carbocycles. The van der Waals surface area contributed by atoms with Gasteiger partial charge in [-0.05, 0) is 45.6 Å². The molecular weight excluding hydrogens is 186 g/mol. The van der Waals surface area contributed by atoms with Crippen LogP contribution in [-0.4, -0.2) is 34.7 Å². The van der Waals surface area contributed by atoms with E-state index in [1.165, 1.54) is 32.1 Å². The molecule has 0 saturated heterocycles. The van der Waals surface area contributed by atoms with E-state index in [1.54, 1.807) is 0 Å². The van der Waals surface area contributed by atoms with Gasteiger partial charge in [0.25, 0.3) is 0 Å². The first-order valence-electron chi connectivity index (χ1n) is 6.64. The van der Waals surface area contributed by atoms with Gasteiger partial charge in [-0.25, -0.2) is 0 Å². The standard InChI is InChI=1S/C13H27NO/c1-4-6-10-14(11(3)5-2)12-8-7-9-13(12)15/h11-13,15H,4-10H2,1-3H3/t11?,12-,13-/m1/s1. The van der Waals surface area contributed by atoms with Crippen molar-refractivity contribution in [3.05, 3.63) is 0 Å². The Hall–Kier alpha value is -0.0800. The van der Waals surface area contributed by atoms with Crippen LogP contribution in [0.4, 0.5) is 0 Å². The lowest BCUT2D eigenvalue weighted by Crippen LogP contribution is -2.45. The second-order valence-corrected chi connectivity index (χ2v) is 4.91. The van der Waals surface area contributed by atoms with Crippen LogP contribution in [0, 0.1) is 0 Å². The van der Waals surface area contributed by atoms with Gasteiger partial charge in [0.15, 0.2) is 0 Å². The van der Waals surface area contributed by atoms with Gasteiger partial charge < -0.3 is 5.11 Å². The minimum Gasteiger partial charge on any atom is -0.391 e. The maximum Gasteiger partial charge on any atom is 0.0695 e. The van der Waals surface area contributed by atoms with Crippen molar-refractivity contribution < 1.29 is 5.11 Å². The second kappa shape index (κ2) is 6.49. The van der Waals surface area contributed by atoms with Gasteiger partial charge in [0.05, 0.1) is 6.10 Å². The van der Waals surface area contributed by atoms with E-state index in [4.69, 9.17) is 0 Å². The minimum atomic E-state index is -0.0733. The number of aliphatic hydroxyl groups is 1. The molecule has 0 aliphatic heterocycles. The molecule has 0 aromatic heterocycles. The SMILES string of the molecule is CCCCN(C(C)CC)[C@@H]1CCC[C@H]1O. The molecule has 0 spiro atoms. The molecule has 0 amide bonds. The Morgan fingerprint density at radius 2 is 2.07 bits per heavy atom. The van der Waals surface area contributed by atoms with E-state index < -0.39 is 0 Å². The van der Waals surface area contributed by atoms with Crippen molar-refractivity contribution in [3.63, 3.8) is 0 Å². The van der Waals surface area contributed by atoms with Gasteiger partial charge in [0.2, 0.25) is 0 Å². The smallest absolute Gasteiger partial charge is 0.0695 e. The van der Waals surface area contributed by atoms with E-state index in [-0.39, 0.29) is 6.10 Å². The minimum absolute atomic E-state index is 0.0733. The van der Waals surface area contributed by atoms with E-state index in [0.29, 0.717) is 12.1 Å². The van der Waals surface area contributed by atoms with Crippen LogP contribution in [0.15, 0.2) is 0 Å². The normalized spacial score (nSPS) is 28.6. The van der Waals surface area contributed by atoms with Crippen molar-refractivity contribution in [2.75, 3.05) is 6.54 Å². The maximum atomic E-state index is 9.96. The molecule has 1 saturated carbocycles. The summed E-state index contributed by atoms with van der Waals surface area (Å²) in [5, 5.41) is 9.96. The maximum absolute atomic E-state index is 9.96. The molecule has 0 heterocycles. The molecule has 3 atom stereocenters. The summed E-state index contributed by atoms with van der Waals surface area (Å²) in [4.78, 5) is 2.54. The van der Waals surface area contributed by atoms with Gasteiger partial charge in [-0.3, -0.25) is 4.90 Å². The predicted octanol–water partition coefficient (Wildman–Crippen LogP) is 2.80. The van der Waals surface area contributed by atoms with Gasteiger partial charge in [0.1, 0.15) is 0 Å². The Morgan fingerprint density at radius 1 is 1.33 bits per heavy atom. The summed E-state index contributed by atoms with van der Waals surface area (Å²) < 4.78 is 0. The largest absolute Gasteiger partial charge is 0.391 e. The van der Waals surface area contributed by atoms with Gasteiger partial charge in [0, 0.05) is 12.1 Å². The summed E-state index contributed by atoms with van der Waals surface area (Å²) in [5.41, 5.74) is 0. The van der Waals surface area contributed by atoms with Gasteiger partial charge in [-0.15, -0.1) is 0 Å². The van der Waals surface area contributed by atoms with Crippen LogP contribution in [0.1, 0.15) is 59.3 Å². The Balaban J connectivity index is 2.53. The number of aliphatic hydroxyl groups excluding tert-OH is 1. The van der Waals surface area contributed by atoms with Crippen LogP contribution in [0.5, 0.6) is 0 Å². The Morgan fingerprint density at radius 3 is 2.53 bits per heavy atom. The van der Waals surface area contributed by atoms with Crippen molar-refractivity contribution in [1.29, 1.82) is 0 Å². The average Bonchev–Trinajstić information content (AvgIpc) is 2.65. The van der Waals surface area contributed by atoms with Gasteiger partial charge in [-0.2, -0.15) is 0 Å². The average molecular weight is 213 g/mol. The number of hydrogen-bond donors (Lipinski definition) is 1. The van der Waals surface area contributed by atoms with Crippen LogP contribution in [-0.2, 0) is 0 Å². The van der Waals surface area contributed by atoms with E-state index in [2.05, 4.69) is 25.7 Å². The molecule has 1 unspecified atom stereocenters. The van der Waals surface area contributed by atoms with E-state index >= 15 is 0 Å². The highest BCUT2D eigenvalue weighted by atomic mass is 16.3. The zero-order valence-electron chi connectivity index (χ0n) is 10.6. The first kappa shape index (κ1) is 13.0. The fraction of sp³-hybridized carbons (Fsp3) is 1.00. The highest BCUT2D eigenvalue weighted by molar-refractivity contribution is 4.87. The molecule has 0 aromatic rings. The highest BCUT2D eigenvalue weighted by Gasteiger charge is 2.32. The lowest BCUT2D eigenvalue weighted by Gasteiger charge is -2.35. The number of hydrogen-bond acceptors (Lipinski definition) is 2.